The van der Waals surface area contributed by atoms with Gasteiger partial charge in [0.15, 0.2) is 0 Å². The maximum atomic E-state index is 4.50. The van der Waals surface area contributed by atoms with Crippen LogP contribution < -0.4 is 15.5 Å². The molecule has 0 spiro atoms. The van der Waals surface area contributed by atoms with Crippen molar-refractivity contribution in [3.63, 3.8) is 0 Å². The van der Waals surface area contributed by atoms with Crippen molar-refractivity contribution in [2.45, 2.75) is 26.3 Å². The van der Waals surface area contributed by atoms with Gasteiger partial charge in [0.25, 0.3) is 0 Å². The third-order valence-corrected chi connectivity index (χ3v) is 4.67. The fourth-order valence-corrected chi connectivity index (χ4v) is 3.29. The van der Waals surface area contributed by atoms with Crippen molar-refractivity contribution in [1.29, 1.82) is 0 Å². The van der Waals surface area contributed by atoms with E-state index in [1.54, 1.807) is 12.4 Å². The van der Waals surface area contributed by atoms with E-state index >= 15 is 0 Å². The number of pyridine rings is 1. The number of anilines is 4. The fraction of sp³-hybridized carbons (Fsp3) is 0.286. The number of aryl methyl sites for hydroxylation is 1. The van der Waals surface area contributed by atoms with Crippen LogP contribution in [0.2, 0.25) is 0 Å². The largest absolute Gasteiger partial charge is 0.372 e. The molecule has 4 rings (SSSR count). The molecule has 1 fully saturated rings. The number of nitrogens with zero attached hydrogens (tertiary/aromatic N) is 4. The van der Waals surface area contributed by atoms with E-state index < -0.39 is 0 Å². The Morgan fingerprint density at radius 3 is 2.37 bits per heavy atom. The van der Waals surface area contributed by atoms with Crippen molar-refractivity contribution >= 4 is 23.0 Å². The van der Waals surface area contributed by atoms with Crippen molar-refractivity contribution in [1.82, 2.24) is 15.0 Å². The molecular weight excluding hydrogens is 336 g/mol. The molecule has 2 aromatic heterocycles. The van der Waals surface area contributed by atoms with E-state index in [0.717, 1.165) is 41.8 Å². The molecule has 0 bridgehead atoms. The average Bonchev–Trinajstić information content (AvgIpc) is 3.22. The van der Waals surface area contributed by atoms with Crippen molar-refractivity contribution in [3.05, 3.63) is 66.2 Å². The lowest BCUT2D eigenvalue weighted by Crippen LogP contribution is -2.17. The van der Waals surface area contributed by atoms with Crippen LogP contribution >= 0.6 is 0 Å². The van der Waals surface area contributed by atoms with Gasteiger partial charge in [-0.3, -0.25) is 4.98 Å². The number of aromatic nitrogens is 3. The van der Waals surface area contributed by atoms with Crippen LogP contribution in [0.15, 0.2) is 54.9 Å². The van der Waals surface area contributed by atoms with Crippen LogP contribution in [0.5, 0.6) is 0 Å². The molecule has 3 heterocycles. The Balaban J connectivity index is 1.43. The van der Waals surface area contributed by atoms with Crippen molar-refractivity contribution in [2.24, 2.45) is 0 Å². The number of nitrogens with one attached hydrogen (secondary N) is 2. The molecule has 0 atom stereocenters. The Hall–Kier alpha value is -3.15. The zero-order chi connectivity index (χ0) is 18.5. The second kappa shape index (κ2) is 8.03. The van der Waals surface area contributed by atoms with E-state index in [-0.39, 0.29) is 0 Å². The molecule has 1 aliphatic rings. The molecule has 0 saturated carbocycles. The Labute approximate surface area is 159 Å². The topological polar surface area (TPSA) is 66.0 Å². The summed E-state index contributed by atoms with van der Waals surface area (Å²) in [6.45, 7) is 4.91. The smallest absolute Gasteiger partial charge is 0.136 e. The molecule has 138 valence electrons. The number of rotatable bonds is 6. The quantitative estimate of drug-likeness (QED) is 0.689. The summed E-state index contributed by atoms with van der Waals surface area (Å²) >= 11 is 0. The summed E-state index contributed by atoms with van der Waals surface area (Å²) in [6.07, 6.45) is 6.16. The van der Waals surface area contributed by atoms with Crippen LogP contribution in [0.25, 0.3) is 0 Å². The minimum Gasteiger partial charge on any atom is -0.372 e. The summed E-state index contributed by atoms with van der Waals surface area (Å²) < 4.78 is 0. The molecule has 2 N–H and O–H groups in total. The van der Waals surface area contributed by atoms with Crippen LogP contribution in [0, 0.1) is 6.92 Å². The molecule has 0 aliphatic carbocycles. The zero-order valence-corrected chi connectivity index (χ0v) is 15.5. The number of hydrogen-bond donors (Lipinski definition) is 2. The lowest BCUT2D eigenvalue weighted by Gasteiger charge is -2.18. The van der Waals surface area contributed by atoms with Gasteiger partial charge in [-0.25, -0.2) is 9.97 Å². The molecular formula is C21H24N6. The highest BCUT2D eigenvalue weighted by Gasteiger charge is 2.12. The summed E-state index contributed by atoms with van der Waals surface area (Å²) in [6, 6.07) is 14.5. The maximum absolute atomic E-state index is 4.50. The molecule has 6 nitrogen and oxygen atoms in total. The van der Waals surface area contributed by atoms with Crippen LogP contribution in [0.4, 0.5) is 23.0 Å². The summed E-state index contributed by atoms with van der Waals surface area (Å²) in [4.78, 5) is 15.4. The first-order chi connectivity index (χ1) is 13.3. The van der Waals surface area contributed by atoms with Gasteiger partial charge in [0.1, 0.15) is 17.5 Å². The normalized spacial score (nSPS) is 13.6. The van der Waals surface area contributed by atoms with Gasteiger partial charge in [-0.1, -0.05) is 0 Å². The molecule has 0 unspecified atom stereocenters. The number of benzene rings is 1. The van der Waals surface area contributed by atoms with Gasteiger partial charge in [-0.05, 0) is 61.7 Å². The molecule has 0 radical (unpaired) electrons. The molecule has 1 aliphatic heterocycles. The van der Waals surface area contributed by atoms with E-state index in [2.05, 4.69) is 54.8 Å². The summed E-state index contributed by atoms with van der Waals surface area (Å²) in [5, 5.41) is 6.73. The first-order valence-corrected chi connectivity index (χ1v) is 9.37. The SMILES string of the molecule is Cc1nc(NCc2ccncc2)cc(Nc2ccc(N3CCCC3)cc2)n1. The fourth-order valence-electron chi connectivity index (χ4n) is 3.29. The van der Waals surface area contributed by atoms with Gasteiger partial charge in [0.05, 0.1) is 0 Å². The van der Waals surface area contributed by atoms with Gasteiger partial charge < -0.3 is 15.5 Å². The summed E-state index contributed by atoms with van der Waals surface area (Å²) in [5.41, 5.74) is 3.47. The Morgan fingerprint density at radius 1 is 0.926 bits per heavy atom. The Kier molecular flexibility index (Phi) is 5.14. The predicted molar refractivity (Wildman–Crippen MR) is 110 cm³/mol. The lowest BCUT2D eigenvalue weighted by molar-refractivity contribution is 0.949. The van der Waals surface area contributed by atoms with Crippen molar-refractivity contribution in [2.75, 3.05) is 28.6 Å². The standard InChI is InChI=1S/C21H24N6/c1-16-24-20(23-15-17-8-10-22-11-9-17)14-21(25-16)26-18-4-6-19(7-5-18)27-12-2-3-13-27/h4-11,14H,2-3,12-13,15H2,1H3,(H2,23,24,25,26). The first-order valence-electron chi connectivity index (χ1n) is 9.37. The van der Waals surface area contributed by atoms with E-state index in [4.69, 9.17) is 0 Å². The van der Waals surface area contributed by atoms with E-state index in [0.29, 0.717) is 6.54 Å². The van der Waals surface area contributed by atoms with Gasteiger partial charge >= 0.3 is 0 Å². The minimum absolute atomic E-state index is 0.697. The highest BCUT2D eigenvalue weighted by molar-refractivity contribution is 5.62. The first kappa shape index (κ1) is 17.3. The van der Waals surface area contributed by atoms with Gasteiger partial charge in [-0.15, -0.1) is 0 Å². The average molecular weight is 360 g/mol. The summed E-state index contributed by atoms with van der Waals surface area (Å²) in [5.74, 6) is 2.31. The van der Waals surface area contributed by atoms with Crippen LogP contribution in [0.3, 0.4) is 0 Å². The number of hydrogen-bond acceptors (Lipinski definition) is 6. The highest BCUT2D eigenvalue weighted by atomic mass is 15.1. The second-order valence-electron chi connectivity index (χ2n) is 6.76. The molecule has 3 aromatic rings. The Bertz CT molecular complexity index is 873. The van der Waals surface area contributed by atoms with E-state index in [9.17, 15) is 0 Å². The third kappa shape index (κ3) is 4.53. The molecule has 1 saturated heterocycles. The zero-order valence-electron chi connectivity index (χ0n) is 15.5. The Morgan fingerprint density at radius 2 is 1.63 bits per heavy atom. The van der Waals surface area contributed by atoms with Gasteiger partial charge in [-0.2, -0.15) is 0 Å². The lowest BCUT2D eigenvalue weighted by atomic mass is 10.2. The van der Waals surface area contributed by atoms with Crippen LogP contribution in [-0.4, -0.2) is 28.0 Å². The van der Waals surface area contributed by atoms with E-state index in [1.807, 2.05) is 25.1 Å². The summed E-state index contributed by atoms with van der Waals surface area (Å²) in [7, 11) is 0. The van der Waals surface area contributed by atoms with Crippen LogP contribution in [0.1, 0.15) is 24.2 Å². The predicted octanol–water partition coefficient (Wildman–Crippen LogP) is 4.14. The highest BCUT2D eigenvalue weighted by Crippen LogP contribution is 2.24. The molecule has 6 heteroatoms. The minimum atomic E-state index is 0.697. The monoisotopic (exact) mass is 360 g/mol. The van der Waals surface area contributed by atoms with Crippen molar-refractivity contribution in [3.8, 4) is 0 Å². The maximum Gasteiger partial charge on any atom is 0.136 e. The molecule has 27 heavy (non-hydrogen) atoms. The molecule has 0 amide bonds. The van der Waals surface area contributed by atoms with E-state index in [1.165, 1.54) is 18.5 Å². The van der Waals surface area contributed by atoms with Crippen molar-refractivity contribution < 1.29 is 0 Å². The van der Waals surface area contributed by atoms with Gasteiger partial charge in [0.2, 0.25) is 0 Å². The molecule has 1 aromatic carbocycles. The second-order valence-corrected chi connectivity index (χ2v) is 6.76. The van der Waals surface area contributed by atoms with Crippen LogP contribution in [-0.2, 0) is 6.54 Å². The third-order valence-electron chi connectivity index (χ3n) is 4.67. The van der Waals surface area contributed by atoms with Gasteiger partial charge in [0, 0.05) is 49.5 Å².